The van der Waals surface area contributed by atoms with Crippen molar-refractivity contribution in [3.63, 3.8) is 0 Å². The van der Waals surface area contributed by atoms with Crippen LogP contribution in [0.4, 0.5) is 9.93 Å². The van der Waals surface area contributed by atoms with Gasteiger partial charge in [-0.05, 0) is 38.0 Å². The number of allylic oxidation sites excluding steroid dienone is 2. The van der Waals surface area contributed by atoms with Crippen molar-refractivity contribution in [2.45, 2.75) is 39.3 Å². The minimum absolute atomic E-state index is 0.140. The van der Waals surface area contributed by atoms with Crippen molar-refractivity contribution in [1.82, 2.24) is 20.4 Å². The number of nitrogens with zero attached hydrogens (tertiary/aromatic N) is 3. The van der Waals surface area contributed by atoms with Crippen molar-refractivity contribution in [3.05, 3.63) is 17.2 Å². The molecule has 0 unspecified atom stereocenters. The second-order valence-electron chi connectivity index (χ2n) is 7.02. The predicted octanol–water partition coefficient (Wildman–Crippen LogP) is 1.77. The van der Waals surface area contributed by atoms with Gasteiger partial charge in [0, 0.05) is 0 Å². The maximum atomic E-state index is 12.8. The van der Waals surface area contributed by atoms with E-state index in [9.17, 15) is 14.4 Å². The van der Waals surface area contributed by atoms with Gasteiger partial charge in [0.05, 0.1) is 11.8 Å². The molecule has 2 heterocycles. The zero-order valence-corrected chi connectivity index (χ0v) is 15.5. The molecule has 0 spiro atoms. The van der Waals surface area contributed by atoms with E-state index in [2.05, 4.69) is 33.0 Å². The quantitative estimate of drug-likeness (QED) is 0.616. The van der Waals surface area contributed by atoms with E-state index >= 15 is 0 Å². The molecule has 26 heavy (non-hydrogen) atoms. The average molecular weight is 375 g/mol. The summed E-state index contributed by atoms with van der Waals surface area (Å²) in [6.07, 6.45) is 6.10. The lowest BCUT2D eigenvalue weighted by atomic mass is 9.63. The highest BCUT2D eigenvalue weighted by Crippen LogP contribution is 2.49. The lowest BCUT2D eigenvalue weighted by molar-refractivity contribution is -0.142. The Hall–Kier alpha value is -2.29. The molecule has 1 aromatic heterocycles. The Morgan fingerprint density at radius 1 is 1.23 bits per heavy atom. The standard InChI is InChI=1S/C17H21N5O3S/c1-3-11-20-21-17(26-11)19-16(25)18-8(2)22-14(23)12-9-4-5-10(7-6-9)13(12)15(22)24/h4-5,8-10,12-13H,3,6-7H2,1-2H3,(H2,18,19,21,25)/t8-,9+,10+,12-,13+/m1/s1. The number of hydrogen-bond acceptors (Lipinski definition) is 6. The van der Waals surface area contributed by atoms with Gasteiger partial charge in [-0.25, -0.2) is 4.79 Å². The maximum absolute atomic E-state index is 12.8. The molecule has 2 N–H and O–H groups in total. The van der Waals surface area contributed by atoms with E-state index < -0.39 is 12.2 Å². The third kappa shape index (κ3) is 2.70. The summed E-state index contributed by atoms with van der Waals surface area (Å²) in [4.78, 5) is 39.1. The van der Waals surface area contributed by atoms with E-state index in [1.54, 1.807) is 6.92 Å². The molecule has 0 radical (unpaired) electrons. The number of aryl methyl sites for hydroxylation is 1. The van der Waals surface area contributed by atoms with Gasteiger partial charge in [0.15, 0.2) is 0 Å². The van der Waals surface area contributed by atoms with Gasteiger partial charge >= 0.3 is 6.03 Å². The summed E-state index contributed by atoms with van der Waals surface area (Å²) >= 11 is 1.30. The number of hydrogen-bond donors (Lipinski definition) is 2. The molecule has 1 aliphatic heterocycles. The van der Waals surface area contributed by atoms with Crippen molar-refractivity contribution in [1.29, 1.82) is 0 Å². The Kier molecular flexibility index (Phi) is 4.26. The summed E-state index contributed by atoms with van der Waals surface area (Å²) in [5.41, 5.74) is 0. The van der Waals surface area contributed by atoms with E-state index in [1.807, 2.05) is 6.92 Å². The number of rotatable bonds is 4. The monoisotopic (exact) mass is 375 g/mol. The summed E-state index contributed by atoms with van der Waals surface area (Å²) < 4.78 is 0. The first-order valence-electron chi connectivity index (χ1n) is 8.94. The Balaban J connectivity index is 1.43. The predicted molar refractivity (Wildman–Crippen MR) is 95.1 cm³/mol. The number of aromatic nitrogens is 2. The Morgan fingerprint density at radius 2 is 1.85 bits per heavy atom. The van der Waals surface area contributed by atoms with Crippen LogP contribution in [0.1, 0.15) is 31.7 Å². The number of carbonyl (C=O) groups is 3. The molecule has 1 saturated heterocycles. The molecule has 5 atom stereocenters. The highest BCUT2D eigenvalue weighted by Gasteiger charge is 2.57. The lowest BCUT2D eigenvalue weighted by Crippen LogP contribution is -2.50. The molecule has 9 heteroatoms. The van der Waals surface area contributed by atoms with Crippen LogP contribution in [0.25, 0.3) is 0 Å². The van der Waals surface area contributed by atoms with Gasteiger partial charge in [-0.3, -0.25) is 19.8 Å². The van der Waals surface area contributed by atoms with Crippen LogP contribution in [0.15, 0.2) is 12.2 Å². The fraction of sp³-hybridized carbons (Fsp3) is 0.588. The molecule has 5 rings (SSSR count). The first kappa shape index (κ1) is 17.1. The fourth-order valence-electron chi connectivity index (χ4n) is 4.31. The third-order valence-corrected chi connectivity index (χ3v) is 6.49. The number of fused-ring (bicyclic) bond motifs is 1. The van der Waals surface area contributed by atoms with Crippen molar-refractivity contribution in [2.75, 3.05) is 5.32 Å². The summed E-state index contributed by atoms with van der Waals surface area (Å²) in [6, 6.07) is -0.507. The van der Waals surface area contributed by atoms with E-state index in [0.717, 1.165) is 24.3 Å². The van der Waals surface area contributed by atoms with Crippen LogP contribution in [0.3, 0.4) is 0 Å². The number of amides is 4. The Bertz CT molecular complexity index is 759. The second-order valence-corrected chi connectivity index (χ2v) is 8.08. The van der Waals surface area contributed by atoms with Gasteiger partial charge in [-0.2, -0.15) is 0 Å². The van der Waals surface area contributed by atoms with Crippen LogP contribution in [-0.2, 0) is 16.0 Å². The minimum atomic E-state index is -0.710. The Morgan fingerprint density at radius 3 is 2.35 bits per heavy atom. The Labute approximate surface area is 155 Å². The van der Waals surface area contributed by atoms with Crippen molar-refractivity contribution in [2.24, 2.45) is 23.7 Å². The molecular formula is C17H21N5O3S. The molecular weight excluding hydrogens is 354 g/mol. The smallest absolute Gasteiger partial charge is 0.317 e. The summed E-state index contributed by atoms with van der Waals surface area (Å²) in [5.74, 6) is -0.600. The number of imide groups is 1. The van der Waals surface area contributed by atoms with Crippen LogP contribution in [0, 0.1) is 23.7 Å². The first-order chi connectivity index (χ1) is 12.5. The van der Waals surface area contributed by atoms with Crippen molar-refractivity contribution < 1.29 is 14.4 Å². The van der Waals surface area contributed by atoms with Gasteiger partial charge in [-0.15, -0.1) is 10.2 Å². The van der Waals surface area contributed by atoms with Gasteiger partial charge in [0.25, 0.3) is 0 Å². The molecule has 1 saturated carbocycles. The topological polar surface area (TPSA) is 104 Å². The summed E-state index contributed by atoms with van der Waals surface area (Å²) in [6.45, 7) is 3.61. The summed E-state index contributed by atoms with van der Waals surface area (Å²) in [7, 11) is 0. The molecule has 4 aliphatic rings. The maximum Gasteiger partial charge on any atom is 0.322 e. The van der Waals surface area contributed by atoms with Gasteiger partial charge < -0.3 is 5.32 Å². The molecule has 138 valence electrons. The number of nitrogens with one attached hydrogen (secondary N) is 2. The third-order valence-electron chi connectivity index (χ3n) is 5.51. The zero-order valence-electron chi connectivity index (χ0n) is 14.6. The van der Waals surface area contributed by atoms with E-state index in [4.69, 9.17) is 0 Å². The largest absolute Gasteiger partial charge is 0.322 e. The van der Waals surface area contributed by atoms with Crippen molar-refractivity contribution >= 4 is 34.3 Å². The highest BCUT2D eigenvalue weighted by molar-refractivity contribution is 7.15. The number of likely N-dealkylation sites (tertiary alicyclic amines) is 1. The molecule has 4 amide bonds. The fourth-order valence-corrected chi connectivity index (χ4v) is 4.99. The minimum Gasteiger partial charge on any atom is -0.317 e. The number of carbonyl (C=O) groups excluding carboxylic acids is 3. The molecule has 1 aromatic rings. The SMILES string of the molecule is CCc1nnc(NC(=O)N[C@@H](C)N2C(=O)[C@@H]3[C@H](C2=O)[C@H]2C=C[C@H]3CC2)s1. The van der Waals surface area contributed by atoms with Crippen molar-refractivity contribution in [3.8, 4) is 0 Å². The molecule has 2 fully saturated rings. The van der Waals surface area contributed by atoms with E-state index in [1.165, 1.54) is 16.2 Å². The van der Waals surface area contributed by atoms with Gasteiger partial charge in [0.2, 0.25) is 16.9 Å². The average Bonchev–Trinajstić information content (AvgIpc) is 3.19. The van der Waals surface area contributed by atoms with Crippen LogP contribution in [0.5, 0.6) is 0 Å². The first-order valence-corrected chi connectivity index (χ1v) is 9.76. The summed E-state index contributed by atoms with van der Waals surface area (Å²) in [5, 5.41) is 14.3. The van der Waals surface area contributed by atoms with E-state index in [0.29, 0.717) is 5.13 Å². The molecule has 8 nitrogen and oxygen atoms in total. The van der Waals surface area contributed by atoms with Gasteiger partial charge in [-0.1, -0.05) is 30.4 Å². The normalized spacial score (nSPS) is 30.5. The van der Waals surface area contributed by atoms with Crippen LogP contribution in [-0.4, -0.2) is 39.1 Å². The molecule has 2 bridgehead atoms. The van der Waals surface area contributed by atoms with Gasteiger partial charge in [0.1, 0.15) is 11.2 Å². The number of anilines is 1. The van der Waals surface area contributed by atoms with E-state index in [-0.39, 0.29) is 35.5 Å². The van der Waals surface area contributed by atoms with Crippen LogP contribution in [0.2, 0.25) is 0 Å². The number of urea groups is 1. The molecule has 3 aliphatic carbocycles. The highest BCUT2D eigenvalue weighted by atomic mass is 32.1. The second kappa shape index (κ2) is 6.46. The van der Waals surface area contributed by atoms with Crippen LogP contribution < -0.4 is 10.6 Å². The van der Waals surface area contributed by atoms with Crippen LogP contribution >= 0.6 is 11.3 Å². The zero-order chi connectivity index (χ0) is 18.4. The molecule has 0 aromatic carbocycles. The lowest BCUT2D eigenvalue weighted by Gasteiger charge is -2.38.